The topological polar surface area (TPSA) is 63.0 Å². The van der Waals surface area contributed by atoms with E-state index < -0.39 is 7.04 Å². The van der Waals surface area contributed by atoms with Gasteiger partial charge in [0.05, 0.1) is 12.1 Å². The van der Waals surface area contributed by atoms with Gasteiger partial charge in [-0.3, -0.25) is 5.09 Å². The molecule has 0 radical (unpaired) electrons. The van der Waals surface area contributed by atoms with Crippen molar-refractivity contribution in [2.75, 3.05) is 19.4 Å². The molecule has 3 heterocycles. The molecule has 7 heteroatoms. The summed E-state index contributed by atoms with van der Waals surface area (Å²) in [6.45, 7) is 3.30. The minimum absolute atomic E-state index is 0.00820. The molecule has 1 aliphatic carbocycles. The number of aliphatic hydroxyl groups excluding tert-OH is 1. The summed E-state index contributed by atoms with van der Waals surface area (Å²) in [5.41, 5.74) is 1.73. The van der Waals surface area contributed by atoms with Crippen molar-refractivity contribution in [1.29, 1.82) is 0 Å². The number of fused-ring (bicyclic) bond motifs is 1. The van der Waals surface area contributed by atoms with E-state index in [1.54, 1.807) is 6.20 Å². The lowest BCUT2D eigenvalue weighted by atomic mass is 9.81. The summed E-state index contributed by atoms with van der Waals surface area (Å²) in [6.07, 6.45) is 8.91. The molecule has 0 bridgehead atoms. The molecule has 130 valence electrons. The van der Waals surface area contributed by atoms with Crippen molar-refractivity contribution in [2.45, 2.75) is 44.2 Å². The summed E-state index contributed by atoms with van der Waals surface area (Å²) in [5, 5.41) is 15.0. The Bertz CT molecular complexity index is 825. The van der Waals surface area contributed by atoms with Crippen LogP contribution in [0.3, 0.4) is 0 Å². The van der Waals surface area contributed by atoms with E-state index in [0.717, 1.165) is 36.1 Å². The van der Waals surface area contributed by atoms with Gasteiger partial charge in [0.1, 0.15) is 5.65 Å². The molecule has 2 aliphatic rings. The summed E-state index contributed by atoms with van der Waals surface area (Å²) >= 11 is 6.07. The average molecular weight is 367 g/mol. The summed E-state index contributed by atoms with van der Waals surface area (Å²) in [7, 11) is -0.980. The van der Waals surface area contributed by atoms with E-state index in [2.05, 4.69) is 32.1 Å². The van der Waals surface area contributed by atoms with Gasteiger partial charge in [-0.05, 0) is 43.3 Å². The van der Waals surface area contributed by atoms with Gasteiger partial charge in [-0.25, -0.2) is 4.98 Å². The number of hydrogen-bond acceptors (Lipinski definition) is 4. The normalized spacial score (nSPS) is 25.6. The molecule has 2 aromatic rings. The van der Waals surface area contributed by atoms with Crippen molar-refractivity contribution in [2.24, 2.45) is 0 Å². The molecule has 0 spiro atoms. The fourth-order valence-corrected chi connectivity index (χ4v) is 5.96. The van der Waals surface area contributed by atoms with Crippen LogP contribution >= 0.6 is 18.6 Å². The molecule has 0 saturated heterocycles. The quantitative estimate of drug-likeness (QED) is 0.630. The standard InChI is InChI=1S/C17H24ClN4OP/c1-24(7-8-24)20-12-17(5-3-2-4-6-17)22-14(11-23)9-13-10-19-16(18)21-15(13)22/h7,9-10,20,23H,2-6,8,11-12H2,1H3. The van der Waals surface area contributed by atoms with E-state index in [1.807, 2.05) is 6.07 Å². The van der Waals surface area contributed by atoms with Gasteiger partial charge in [-0.15, -0.1) is 0 Å². The molecule has 1 aliphatic heterocycles. The fourth-order valence-electron chi connectivity index (χ4n) is 3.94. The number of nitrogens with one attached hydrogen (secondary N) is 1. The maximum atomic E-state index is 9.95. The second-order valence-electron chi connectivity index (χ2n) is 7.30. The molecule has 1 fully saturated rings. The third kappa shape index (κ3) is 2.92. The first-order chi connectivity index (χ1) is 11.6. The van der Waals surface area contributed by atoms with Crippen LogP contribution in [0, 0.1) is 0 Å². The monoisotopic (exact) mass is 366 g/mol. The predicted molar refractivity (Wildman–Crippen MR) is 101 cm³/mol. The minimum Gasteiger partial charge on any atom is -0.390 e. The Balaban J connectivity index is 1.83. The summed E-state index contributed by atoms with van der Waals surface area (Å²) in [5.74, 6) is 2.42. The zero-order valence-electron chi connectivity index (χ0n) is 14.0. The van der Waals surface area contributed by atoms with E-state index in [-0.39, 0.29) is 17.4 Å². The second kappa shape index (κ2) is 6.14. The molecule has 2 N–H and O–H groups in total. The van der Waals surface area contributed by atoms with Gasteiger partial charge in [-0.1, -0.05) is 32.1 Å². The minimum atomic E-state index is -0.980. The van der Waals surface area contributed by atoms with Crippen LogP contribution in [0.25, 0.3) is 11.0 Å². The number of rotatable bonds is 5. The highest BCUT2D eigenvalue weighted by molar-refractivity contribution is 7.81. The molecule has 0 amide bonds. The SMILES string of the molecule is CP1(NCC2(n3c(CO)cc4cnc(Cl)nc43)CCCCC2)=CC1. The van der Waals surface area contributed by atoms with Gasteiger partial charge in [0.2, 0.25) is 5.28 Å². The average Bonchev–Trinajstić information content (AvgIpc) is 3.21. The van der Waals surface area contributed by atoms with Crippen molar-refractivity contribution in [1.82, 2.24) is 19.6 Å². The lowest BCUT2D eigenvalue weighted by Crippen LogP contribution is -2.44. The third-order valence-electron chi connectivity index (χ3n) is 5.51. The zero-order chi connectivity index (χ0) is 16.8. The zero-order valence-corrected chi connectivity index (χ0v) is 15.7. The van der Waals surface area contributed by atoms with Crippen molar-refractivity contribution in [3.05, 3.63) is 23.2 Å². The first kappa shape index (κ1) is 16.6. The Labute approximate surface area is 147 Å². The van der Waals surface area contributed by atoms with Crippen molar-refractivity contribution in [3.8, 4) is 0 Å². The van der Waals surface area contributed by atoms with Crippen LogP contribution in [-0.4, -0.2) is 44.8 Å². The summed E-state index contributed by atoms with van der Waals surface area (Å²) in [4.78, 5) is 8.61. The Morgan fingerprint density at radius 2 is 2.12 bits per heavy atom. The third-order valence-corrected chi connectivity index (χ3v) is 8.03. The lowest BCUT2D eigenvalue weighted by molar-refractivity contribution is 0.182. The Morgan fingerprint density at radius 1 is 1.38 bits per heavy atom. The van der Waals surface area contributed by atoms with Crippen LogP contribution in [0.1, 0.15) is 37.8 Å². The molecule has 1 atom stereocenters. The van der Waals surface area contributed by atoms with Crippen molar-refractivity contribution in [3.63, 3.8) is 0 Å². The molecule has 5 nitrogen and oxygen atoms in total. The van der Waals surface area contributed by atoms with Crippen LogP contribution in [-0.2, 0) is 12.1 Å². The van der Waals surface area contributed by atoms with Crippen LogP contribution in [0.4, 0.5) is 0 Å². The Morgan fingerprint density at radius 3 is 2.79 bits per heavy atom. The number of hydrogen-bond donors (Lipinski definition) is 2. The van der Waals surface area contributed by atoms with Gasteiger partial charge >= 0.3 is 0 Å². The van der Waals surface area contributed by atoms with E-state index in [4.69, 9.17) is 11.6 Å². The summed E-state index contributed by atoms with van der Waals surface area (Å²) < 4.78 is 2.26. The maximum Gasteiger partial charge on any atom is 0.224 e. The Hall–Kier alpha value is -0.870. The molecule has 0 aromatic carbocycles. The second-order valence-corrected chi connectivity index (χ2v) is 11.2. The highest BCUT2D eigenvalue weighted by atomic mass is 35.5. The molecule has 4 rings (SSSR count). The number of halogens is 1. The number of aromatic nitrogens is 3. The van der Waals surface area contributed by atoms with Gasteiger partial charge in [-0.2, -0.15) is 4.98 Å². The van der Waals surface area contributed by atoms with Gasteiger partial charge < -0.3 is 9.67 Å². The largest absolute Gasteiger partial charge is 0.390 e. The first-order valence-corrected chi connectivity index (χ1v) is 11.5. The van der Waals surface area contributed by atoms with Gasteiger partial charge in [0, 0.05) is 23.8 Å². The van der Waals surface area contributed by atoms with Gasteiger partial charge in [0.15, 0.2) is 0 Å². The molecule has 24 heavy (non-hydrogen) atoms. The Kier molecular flexibility index (Phi) is 4.24. The molecule has 1 saturated carbocycles. The van der Waals surface area contributed by atoms with Crippen molar-refractivity contribution < 1.29 is 5.11 Å². The van der Waals surface area contributed by atoms with Crippen LogP contribution in [0.5, 0.6) is 0 Å². The first-order valence-electron chi connectivity index (χ1n) is 8.64. The summed E-state index contributed by atoms with van der Waals surface area (Å²) in [6, 6.07) is 2.00. The van der Waals surface area contributed by atoms with E-state index >= 15 is 0 Å². The van der Waals surface area contributed by atoms with Crippen LogP contribution in [0.2, 0.25) is 5.28 Å². The van der Waals surface area contributed by atoms with E-state index in [0.29, 0.717) is 0 Å². The maximum absolute atomic E-state index is 9.95. The van der Waals surface area contributed by atoms with Gasteiger partial charge in [0.25, 0.3) is 0 Å². The van der Waals surface area contributed by atoms with Crippen molar-refractivity contribution >= 4 is 35.5 Å². The predicted octanol–water partition coefficient (Wildman–Crippen LogP) is 3.20. The molecular weight excluding hydrogens is 343 g/mol. The molecule has 2 aromatic heterocycles. The fraction of sp³-hybridized carbons (Fsp3) is 0.588. The van der Waals surface area contributed by atoms with E-state index in [1.165, 1.54) is 25.4 Å². The lowest BCUT2D eigenvalue weighted by Gasteiger charge is -2.41. The molecule has 1 unspecified atom stereocenters. The van der Waals surface area contributed by atoms with E-state index in [9.17, 15) is 5.11 Å². The number of nitrogens with zero attached hydrogens (tertiary/aromatic N) is 3. The highest BCUT2D eigenvalue weighted by Gasteiger charge is 2.38. The number of aliphatic hydroxyl groups is 1. The highest BCUT2D eigenvalue weighted by Crippen LogP contribution is 2.49. The van der Waals surface area contributed by atoms with Crippen LogP contribution in [0.15, 0.2) is 12.3 Å². The smallest absolute Gasteiger partial charge is 0.224 e. The van der Waals surface area contributed by atoms with Crippen LogP contribution < -0.4 is 5.09 Å². The molecular formula is C17H24ClN4OP.